The molecule has 0 unspecified atom stereocenters. The summed E-state index contributed by atoms with van der Waals surface area (Å²) in [5.41, 5.74) is 7.53. The Morgan fingerprint density at radius 2 is 1.90 bits per heavy atom. The number of oxime groups is 1. The Morgan fingerprint density at radius 1 is 1.10 bits per heavy atom. The summed E-state index contributed by atoms with van der Waals surface area (Å²) in [5, 5.41) is 27.3. The first-order chi connectivity index (χ1) is 14.4. The third kappa shape index (κ3) is 5.31. The number of hydrogen-bond acceptors (Lipinski definition) is 6. The highest BCUT2D eigenvalue weighted by atomic mass is 35.5. The van der Waals surface area contributed by atoms with E-state index >= 15 is 0 Å². The third-order valence-corrected chi connectivity index (χ3v) is 4.89. The summed E-state index contributed by atoms with van der Waals surface area (Å²) in [6.07, 6.45) is 0. The van der Waals surface area contributed by atoms with Crippen LogP contribution in [0.2, 0.25) is 5.02 Å². The standard InChI is InChI=1S/C22H26ClN5O2/c1-13-10-20(14(2)9-18(13)16(4)28-30-8-7-29)24-17-5-6-19(23)21(12-17)25-22-11-15(3)26-27-22/h5-6,9-12,24,29H,7-8H2,1-4H3,(H2,25,26,27)/b28-16+. The third-order valence-electron chi connectivity index (χ3n) is 4.56. The van der Waals surface area contributed by atoms with Gasteiger partial charge in [-0.25, -0.2) is 0 Å². The molecule has 3 rings (SSSR count). The first kappa shape index (κ1) is 21.7. The van der Waals surface area contributed by atoms with Gasteiger partial charge in [0.1, 0.15) is 6.61 Å². The molecule has 0 aliphatic heterocycles. The largest absolute Gasteiger partial charge is 0.393 e. The second kappa shape index (κ2) is 9.65. The molecule has 0 saturated heterocycles. The number of aliphatic hydroxyl groups is 1. The lowest BCUT2D eigenvalue weighted by Gasteiger charge is -2.15. The zero-order valence-electron chi connectivity index (χ0n) is 17.5. The van der Waals surface area contributed by atoms with Crippen molar-refractivity contribution in [3.05, 3.63) is 63.8 Å². The van der Waals surface area contributed by atoms with Crippen molar-refractivity contribution < 1.29 is 9.94 Å². The highest BCUT2D eigenvalue weighted by Gasteiger charge is 2.10. The van der Waals surface area contributed by atoms with E-state index in [0.29, 0.717) is 10.8 Å². The second-order valence-electron chi connectivity index (χ2n) is 7.10. The van der Waals surface area contributed by atoms with Gasteiger partial charge in [-0.3, -0.25) is 5.10 Å². The van der Waals surface area contributed by atoms with Crippen molar-refractivity contribution in [1.29, 1.82) is 0 Å². The number of nitrogens with zero attached hydrogens (tertiary/aromatic N) is 2. The van der Waals surface area contributed by atoms with Crippen molar-refractivity contribution in [1.82, 2.24) is 10.2 Å². The fraction of sp³-hybridized carbons (Fsp3) is 0.273. The first-order valence-electron chi connectivity index (χ1n) is 9.62. The number of nitrogens with one attached hydrogen (secondary N) is 3. The minimum atomic E-state index is -0.0602. The molecule has 0 saturated carbocycles. The number of H-pyrrole nitrogens is 1. The van der Waals surface area contributed by atoms with E-state index in [1.807, 2.05) is 52.0 Å². The van der Waals surface area contributed by atoms with E-state index in [1.165, 1.54) is 0 Å². The Balaban J connectivity index is 1.81. The number of aliphatic hydroxyl groups excluding tert-OH is 1. The molecule has 0 spiro atoms. The molecule has 7 nitrogen and oxygen atoms in total. The van der Waals surface area contributed by atoms with Gasteiger partial charge < -0.3 is 20.6 Å². The predicted octanol–water partition coefficient (Wildman–Crippen LogP) is 5.21. The van der Waals surface area contributed by atoms with Gasteiger partial charge >= 0.3 is 0 Å². The molecule has 0 atom stereocenters. The van der Waals surface area contributed by atoms with E-state index in [4.69, 9.17) is 21.5 Å². The average Bonchev–Trinajstić information content (AvgIpc) is 3.11. The van der Waals surface area contributed by atoms with Crippen LogP contribution in [0.25, 0.3) is 0 Å². The number of hydrogen-bond donors (Lipinski definition) is 4. The Morgan fingerprint density at radius 3 is 2.60 bits per heavy atom. The molecule has 0 amide bonds. The Kier molecular flexibility index (Phi) is 6.97. The summed E-state index contributed by atoms with van der Waals surface area (Å²) >= 11 is 6.35. The summed E-state index contributed by atoms with van der Waals surface area (Å²) in [6, 6.07) is 11.8. The predicted molar refractivity (Wildman–Crippen MR) is 123 cm³/mol. The smallest absolute Gasteiger partial charge is 0.152 e. The van der Waals surface area contributed by atoms with Crippen molar-refractivity contribution in [2.45, 2.75) is 27.7 Å². The van der Waals surface area contributed by atoms with Crippen molar-refractivity contribution in [2.24, 2.45) is 5.16 Å². The molecule has 0 aliphatic rings. The fourth-order valence-corrected chi connectivity index (χ4v) is 3.21. The number of aromatic amines is 1. The fourth-order valence-electron chi connectivity index (χ4n) is 3.05. The SMILES string of the molecule is C/C(=N\OCCO)c1cc(C)c(Nc2ccc(Cl)c(Nc3cc(C)[nH]n3)c2)cc1C. The van der Waals surface area contributed by atoms with Crippen LogP contribution in [0.5, 0.6) is 0 Å². The number of anilines is 4. The highest BCUT2D eigenvalue weighted by Crippen LogP contribution is 2.31. The van der Waals surface area contributed by atoms with Crippen molar-refractivity contribution in [2.75, 3.05) is 23.8 Å². The van der Waals surface area contributed by atoms with Gasteiger partial charge in [0.05, 0.1) is 23.0 Å². The van der Waals surface area contributed by atoms with Crippen LogP contribution < -0.4 is 10.6 Å². The van der Waals surface area contributed by atoms with Gasteiger partial charge in [-0.1, -0.05) is 16.8 Å². The van der Waals surface area contributed by atoms with Crippen LogP contribution in [-0.2, 0) is 4.84 Å². The van der Waals surface area contributed by atoms with Gasteiger partial charge in [-0.15, -0.1) is 0 Å². The summed E-state index contributed by atoms with van der Waals surface area (Å²) in [7, 11) is 0. The molecule has 2 aromatic carbocycles. The van der Waals surface area contributed by atoms with Gasteiger partial charge in [0.2, 0.25) is 0 Å². The number of halogens is 1. The van der Waals surface area contributed by atoms with Crippen LogP contribution in [0.15, 0.2) is 41.6 Å². The van der Waals surface area contributed by atoms with E-state index in [2.05, 4.69) is 38.1 Å². The molecule has 1 heterocycles. The topological polar surface area (TPSA) is 94.6 Å². The first-order valence-corrected chi connectivity index (χ1v) is 10.00. The summed E-state index contributed by atoms with van der Waals surface area (Å²) < 4.78 is 0. The van der Waals surface area contributed by atoms with E-state index in [1.54, 1.807) is 0 Å². The molecule has 0 bridgehead atoms. The van der Waals surface area contributed by atoms with Crippen LogP contribution in [-0.4, -0.2) is 34.2 Å². The lowest BCUT2D eigenvalue weighted by atomic mass is 10.0. The Bertz CT molecular complexity index is 1060. The van der Waals surface area contributed by atoms with Gasteiger partial charge in [0.25, 0.3) is 0 Å². The normalized spacial score (nSPS) is 11.5. The molecule has 158 valence electrons. The molecule has 4 N–H and O–H groups in total. The minimum Gasteiger partial charge on any atom is -0.393 e. The molecule has 1 aromatic heterocycles. The van der Waals surface area contributed by atoms with Crippen LogP contribution in [0.4, 0.5) is 22.9 Å². The summed E-state index contributed by atoms with van der Waals surface area (Å²) in [4.78, 5) is 5.09. The molecular formula is C22H26ClN5O2. The van der Waals surface area contributed by atoms with E-state index < -0.39 is 0 Å². The number of aryl methyl sites for hydroxylation is 3. The lowest BCUT2D eigenvalue weighted by molar-refractivity contribution is 0.0986. The van der Waals surface area contributed by atoms with Gasteiger partial charge in [0, 0.05) is 28.7 Å². The van der Waals surface area contributed by atoms with Crippen LogP contribution in [0, 0.1) is 20.8 Å². The molecule has 0 radical (unpaired) electrons. The van der Waals surface area contributed by atoms with Crippen LogP contribution in [0.3, 0.4) is 0 Å². The number of benzene rings is 2. The van der Waals surface area contributed by atoms with E-state index in [-0.39, 0.29) is 13.2 Å². The maximum Gasteiger partial charge on any atom is 0.152 e. The Labute approximate surface area is 181 Å². The molecule has 30 heavy (non-hydrogen) atoms. The maximum atomic E-state index is 8.82. The summed E-state index contributed by atoms with van der Waals surface area (Å²) in [5.74, 6) is 0.709. The quantitative estimate of drug-likeness (QED) is 0.225. The molecular weight excluding hydrogens is 402 g/mol. The van der Waals surface area contributed by atoms with Crippen molar-refractivity contribution in [3.8, 4) is 0 Å². The monoisotopic (exact) mass is 427 g/mol. The number of aromatic nitrogens is 2. The lowest BCUT2D eigenvalue weighted by Crippen LogP contribution is -2.04. The van der Waals surface area contributed by atoms with Crippen LogP contribution in [0.1, 0.15) is 29.3 Å². The van der Waals surface area contributed by atoms with Gasteiger partial charge in [0.15, 0.2) is 5.82 Å². The number of rotatable bonds is 8. The van der Waals surface area contributed by atoms with Crippen molar-refractivity contribution in [3.63, 3.8) is 0 Å². The molecule has 0 aliphatic carbocycles. The maximum absolute atomic E-state index is 8.82. The van der Waals surface area contributed by atoms with Gasteiger partial charge in [-0.2, -0.15) is 5.10 Å². The van der Waals surface area contributed by atoms with Crippen molar-refractivity contribution >= 4 is 40.2 Å². The second-order valence-corrected chi connectivity index (χ2v) is 7.50. The van der Waals surface area contributed by atoms with E-state index in [0.717, 1.165) is 45.2 Å². The zero-order chi connectivity index (χ0) is 21.7. The molecule has 3 aromatic rings. The molecule has 8 heteroatoms. The molecule has 0 fully saturated rings. The van der Waals surface area contributed by atoms with E-state index in [9.17, 15) is 0 Å². The van der Waals surface area contributed by atoms with Crippen LogP contribution >= 0.6 is 11.6 Å². The average molecular weight is 428 g/mol. The van der Waals surface area contributed by atoms with Gasteiger partial charge in [-0.05, 0) is 69.2 Å². The minimum absolute atomic E-state index is 0.0602. The Hall–Kier alpha value is -3.03. The summed E-state index contributed by atoms with van der Waals surface area (Å²) in [6.45, 7) is 8.02. The zero-order valence-corrected chi connectivity index (χ0v) is 18.3. The highest BCUT2D eigenvalue weighted by molar-refractivity contribution is 6.33.